The molecule has 0 aromatic carbocycles. The van der Waals surface area contributed by atoms with Crippen molar-refractivity contribution in [1.29, 1.82) is 0 Å². The van der Waals surface area contributed by atoms with Crippen molar-refractivity contribution >= 4 is 18.8 Å². The molecule has 0 N–H and O–H groups in total. The summed E-state index contributed by atoms with van der Waals surface area (Å²) in [6.07, 6.45) is 7.95. The van der Waals surface area contributed by atoms with Gasteiger partial charge in [0.05, 0.1) is 0 Å². The zero-order chi connectivity index (χ0) is 14.6. The van der Waals surface area contributed by atoms with Gasteiger partial charge in [-0.3, -0.25) is 0 Å². The molecule has 0 bridgehead atoms. The van der Waals surface area contributed by atoms with Crippen LogP contribution >= 0.6 is 0 Å². The quantitative estimate of drug-likeness (QED) is 0.301. The third-order valence-corrected chi connectivity index (χ3v) is 17.0. The van der Waals surface area contributed by atoms with Gasteiger partial charge in [0.2, 0.25) is 0 Å². The molecule has 3 heteroatoms. The predicted octanol–water partition coefficient (Wildman–Crippen LogP) is 5.73. The molecule has 0 spiro atoms. The van der Waals surface area contributed by atoms with Crippen molar-refractivity contribution in [2.75, 3.05) is 6.61 Å². The third-order valence-electron chi connectivity index (χ3n) is 3.78. The number of hydrogen-bond donors (Lipinski definition) is 0. The van der Waals surface area contributed by atoms with Crippen LogP contribution in [0.1, 0.15) is 73.1 Å². The average molecular weight is 379 g/mol. The summed E-state index contributed by atoms with van der Waals surface area (Å²) in [5, 5.41) is 0. The number of ether oxygens (including phenoxy) is 1. The first-order valence-electron chi connectivity index (χ1n) is 8.43. The van der Waals surface area contributed by atoms with E-state index in [1.165, 1.54) is 51.8 Å². The van der Waals surface area contributed by atoms with Gasteiger partial charge in [0, 0.05) is 0 Å². The van der Waals surface area contributed by atoms with E-state index >= 15 is 0 Å². The summed E-state index contributed by atoms with van der Waals surface area (Å²) in [6.45, 7) is 11.8. The molecule has 0 amide bonds. The fourth-order valence-electron chi connectivity index (χ4n) is 2.67. The Bertz CT molecular complexity index is 175. The van der Waals surface area contributed by atoms with Crippen molar-refractivity contribution in [2.45, 2.75) is 92.7 Å². The van der Waals surface area contributed by atoms with E-state index in [0.717, 1.165) is 6.61 Å². The van der Waals surface area contributed by atoms with E-state index in [1.54, 1.807) is 0 Å². The molecule has 0 fully saturated rings. The van der Waals surface area contributed by atoms with Crippen molar-refractivity contribution in [1.82, 2.24) is 0 Å². The average Bonchev–Trinajstić information content (AvgIpc) is 2.40. The summed E-state index contributed by atoms with van der Waals surface area (Å²) < 4.78 is 16.4. The minimum absolute atomic E-state index is 0.0198. The molecule has 116 valence electrons. The van der Waals surface area contributed by atoms with Crippen molar-refractivity contribution < 1.29 is 7.81 Å². The second-order valence-electron chi connectivity index (χ2n) is 5.63. The second kappa shape index (κ2) is 12.5. The molecule has 19 heavy (non-hydrogen) atoms. The molecule has 0 aliphatic carbocycles. The Morgan fingerprint density at radius 1 is 0.789 bits per heavy atom. The molecule has 0 aromatic heterocycles. The van der Waals surface area contributed by atoms with Crippen LogP contribution in [0.2, 0.25) is 13.3 Å². The van der Waals surface area contributed by atoms with E-state index in [-0.39, 0.29) is 6.29 Å². The van der Waals surface area contributed by atoms with Gasteiger partial charge in [-0.1, -0.05) is 0 Å². The summed E-state index contributed by atoms with van der Waals surface area (Å²) in [5.74, 6) is 0. The first kappa shape index (κ1) is 19.7. The van der Waals surface area contributed by atoms with Crippen molar-refractivity contribution in [3.05, 3.63) is 0 Å². The van der Waals surface area contributed by atoms with Crippen LogP contribution < -0.4 is 0 Å². The number of rotatable bonds is 13. The Morgan fingerprint density at radius 2 is 1.21 bits per heavy atom. The number of hydrogen-bond acceptors (Lipinski definition) is 2. The summed E-state index contributed by atoms with van der Waals surface area (Å²) in [5.41, 5.74) is 0. The van der Waals surface area contributed by atoms with E-state index in [9.17, 15) is 0 Å². The molecule has 0 radical (unpaired) electrons. The molecule has 0 saturated heterocycles. The van der Waals surface area contributed by atoms with Gasteiger partial charge in [0.15, 0.2) is 0 Å². The zero-order valence-corrected chi connectivity index (χ0v) is 16.8. The van der Waals surface area contributed by atoms with Gasteiger partial charge < -0.3 is 0 Å². The van der Waals surface area contributed by atoms with E-state index in [2.05, 4.69) is 34.6 Å². The van der Waals surface area contributed by atoms with Gasteiger partial charge in [0.1, 0.15) is 0 Å². The van der Waals surface area contributed by atoms with E-state index in [0.29, 0.717) is 0 Å². The second-order valence-corrected chi connectivity index (χ2v) is 17.3. The number of unbranched alkanes of at least 4 members (excludes halogenated alkanes) is 3. The van der Waals surface area contributed by atoms with Crippen LogP contribution in [-0.2, 0) is 7.81 Å². The maximum atomic E-state index is 6.57. The molecular weight excluding hydrogens is 343 g/mol. The molecule has 0 heterocycles. The van der Waals surface area contributed by atoms with Gasteiger partial charge in [-0.05, 0) is 0 Å². The van der Waals surface area contributed by atoms with E-state index in [1.807, 2.05) is 0 Å². The van der Waals surface area contributed by atoms with E-state index in [4.69, 9.17) is 7.81 Å². The molecular formula is C16H36O2Sn. The molecule has 0 aliphatic heterocycles. The molecule has 0 aromatic rings. The molecule has 2 nitrogen and oxygen atoms in total. The van der Waals surface area contributed by atoms with Crippen LogP contribution in [0.3, 0.4) is 0 Å². The summed E-state index contributed by atoms with van der Waals surface area (Å²) in [4.78, 5) is 0. The summed E-state index contributed by atoms with van der Waals surface area (Å²) >= 11 is -2.42. The fourth-order valence-corrected chi connectivity index (χ4v) is 16.6. The Kier molecular flexibility index (Phi) is 12.9. The van der Waals surface area contributed by atoms with Gasteiger partial charge in [0.25, 0.3) is 0 Å². The van der Waals surface area contributed by atoms with Crippen LogP contribution in [0.5, 0.6) is 0 Å². The normalized spacial score (nSPS) is 13.7. The van der Waals surface area contributed by atoms with Crippen LogP contribution in [0.4, 0.5) is 0 Å². The third kappa shape index (κ3) is 9.30. The zero-order valence-electron chi connectivity index (χ0n) is 14.0. The van der Waals surface area contributed by atoms with Gasteiger partial charge in [-0.2, -0.15) is 0 Å². The van der Waals surface area contributed by atoms with Crippen LogP contribution in [0.15, 0.2) is 0 Å². The first-order valence-corrected chi connectivity index (χ1v) is 15.7. The van der Waals surface area contributed by atoms with Crippen molar-refractivity contribution in [2.24, 2.45) is 0 Å². The standard InChI is InChI=1S/C4H9O2.3C4H9.Sn/c1-3-6-4(2)5;3*1-3-4-2;/h4H,3H2,1-2H3;3*1,3-4H2,2H3;/q-1;;;;+1. The molecule has 1 unspecified atom stereocenters. The van der Waals surface area contributed by atoms with Crippen molar-refractivity contribution in [3.63, 3.8) is 0 Å². The van der Waals surface area contributed by atoms with Gasteiger partial charge in [-0.15, -0.1) is 0 Å². The topological polar surface area (TPSA) is 18.5 Å². The van der Waals surface area contributed by atoms with Crippen LogP contribution in [0, 0.1) is 0 Å². The SMILES string of the molecule is CCC[CH2][Sn]([CH2]CCC)([CH2]CCC)[O]C(C)OCC. The van der Waals surface area contributed by atoms with Gasteiger partial charge >= 0.3 is 126 Å². The Hall–Kier alpha value is 0.719. The maximum absolute atomic E-state index is 6.57. The minimum atomic E-state index is -2.42. The molecule has 1 atom stereocenters. The Balaban J connectivity index is 4.65. The predicted molar refractivity (Wildman–Crippen MR) is 87.1 cm³/mol. The van der Waals surface area contributed by atoms with E-state index < -0.39 is 18.8 Å². The monoisotopic (exact) mass is 380 g/mol. The van der Waals surface area contributed by atoms with Crippen LogP contribution in [0.25, 0.3) is 0 Å². The Labute approximate surface area is 126 Å². The fraction of sp³-hybridized carbons (Fsp3) is 1.00. The van der Waals surface area contributed by atoms with Crippen LogP contribution in [-0.4, -0.2) is 31.7 Å². The summed E-state index contributed by atoms with van der Waals surface area (Å²) in [6, 6.07) is 0. The molecule has 0 rings (SSSR count). The Morgan fingerprint density at radius 3 is 1.53 bits per heavy atom. The van der Waals surface area contributed by atoms with Gasteiger partial charge in [-0.25, -0.2) is 0 Å². The first-order chi connectivity index (χ1) is 9.14. The molecule has 0 aliphatic rings. The molecule has 0 saturated carbocycles. The van der Waals surface area contributed by atoms with Crippen molar-refractivity contribution in [3.8, 4) is 0 Å². The summed E-state index contributed by atoms with van der Waals surface area (Å²) in [7, 11) is 0.